The van der Waals surface area contributed by atoms with Crippen LogP contribution in [0.2, 0.25) is 0 Å². The van der Waals surface area contributed by atoms with Gasteiger partial charge in [0.05, 0.1) is 13.2 Å². The molecule has 4 rings (SSSR count). The number of aromatic nitrogens is 4. The minimum Gasteiger partial charge on any atom is -0.378 e. The zero-order valence-electron chi connectivity index (χ0n) is 17.7. The highest BCUT2D eigenvalue weighted by atomic mass is 32.2. The first-order valence-electron chi connectivity index (χ1n) is 10.0. The van der Waals surface area contributed by atoms with Gasteiger partial charge in [-0.05, 0) is 49.9 Å². The Labute approximate surface area is 185 Å². The Morgan fingerprint density at radius 2 is 1.90 bits per heavy atom. The van der Waals surface area contributed by atoms with Crippen LogP contribution in [0.5, 0.6) is 0 Å². The Hall–Kier alpha value is -3.11. The molecule has 3 heterocycles. The molecular weight excluding hydrogens is 414 g/mol. The number of ether oxygens (including phenoxy) is 1. The average Bonchev–Trinajstić information content (AvgIpc) is 3.16. The van der Waals surface area contributed by atoms with E-state index in [0.29, 0.717) is 24.2 Å². The molecule has 1 fully saturated rings. The van der Waals surface area contributed by atoms with Crippen LogP contribution in [0.15, 0.2) is 40.4 Å². The Balaban J connectivity index is 1.63. The van der Waals surface area contributed by atoms with E-state index in [1.807, 2.05) is 44.2 Å². The normalized spacial score (nSPS) is 13.8. The van der Waals surface area contributed by atoms with Crippen molar-refractivity contribution < 1.29 is 9.53 Å². The summed E-state index contributed by atoms with van der Waals surface area (Å²) in [6.07, 6.45) is 0. The minimum absolute atomic E-state index is 0.0956. The van der Waals surface area contributed by atoms with E-state index in [4.69, 9.17) is 14.7 Å². The molecule has 9 nitrogen and oxygen atoms in total. The molecule has 162 valence electrons. The Morgan fingerprint density at radius 1 is 1.16 bits per heavy atom. The molecule has 1 saturated heterocycles. The van der Waals surface area contributed by atoms with Crippen LogP contribution in [-0.2, 0) is 9.53 Å². The molecule has 0 radical (unpaired) electrons. The quantitative estimate of drug-likeness (QED) is 0.501. The minimum atomic E-state index is -0.0956. The summed E-state index contributed by atoms with van der Waals surface area (Å²) in [5, 5.41) is 13.9. The Morgan fingerprint density at radius 3 is 2.55 bits per heavy atom. The van der Waals surface area contributed by atoms with E-state index in [2.05, 4.69) is 25.7 Å². The molecule has 0 aliphatic carbocycles. The summed E-state index contributed by atoms with van der Waals surface area (Å²) >= 11 is 1.47. The largest absolute Gasteiger partial charge is 0.378 e. The number of hydrogen-bond acceptors (Lipinski definition) is 8. The number of carbonyl (C=O) groups is 1. The molecule has 0 bridgehead atoms. The number of benzene rings is 1. The number of carbonyl (C=O) groups excluding carboxylic acids is 1. The van der Waals surface area contributed by atoms with Crippen molar-refractivity contribution in [2.45, 2.75) is 30.8 Å². The number of aryl methyl sites for hydroxylation is 1. The molecule has 1 aliphatic rings. The summed E-state index contributed by atoms with van der Waals surface area (Å²) in [6, 6.07) is 9.55. The maximum atomic E-state index is 11.2. The lowest BCUT2D eigenvalue weighted by atomic mass is 10.2. The van der Waals surface area contributed by atoms with Gasteiger partial charge < -0.3 is 20.3 Å². The summed E-state index contributed by atoms with van der Waals surface area (Å²) in [4.78, 5) is 24.1. The van der Waals surface area contributed by atoms with Crippen LogP contribution in [-0.4, -0.2) is 52.4 Å². The number of nitrogens with zero attached hydrogens (tertiary/aromatic N) is 4. The van der Waals surface area contributed by atoms with Crippen LogP contribution in [0.25, 0.3) is 0 Å². The molecule has 0 saturated carbocycles. The number of aromatic amines is 1. The van der Waals surface area contributed by atoms with E-state index in [1.54, 1.807) is 0 Å². The standard InChI is InChI=1S/C21H25N7O2S/c1-13-12-18(27-26-13)23-19-14(2)20(28-8-10-30-11-9-28)25-21(24-19)31-17-6-4-16(5-7-17)22-15(3)29/h4-7,12H,8-11H2,1-3H3,(H,22,29)(H2,23,24,25,26,27). The zero-order chi connectivity index (χ0) is 21.8. The first-order valence-corrected chi connectivity index (χ1v) is 10.9. The summed E-state index contributed by atoms with van der Waals surface area (Å²) < 4.78 is 5.50. The molecule has 2 aromatic heterocycles. The molecule has 0 unspecified atom stereocenters. The first kappa shape index (κ1) is 21.1. The maximum absolute atomic E-state index is 11.2. The second-order valence-electron chi connectivity index (χ2n) is 7.27. The fraction of sp³-hybridized carbons (Fsp3) is 0.333. The maximum Gasteiger partial charge on any atom is 0.221 e. The molecule has 31 heavy (non-hydrogen) atoms. The third-order valence-electron chi connectivity index (χ3n) is 4.75. The highest BCUT2D eigenvalue weighted by Gasteiger charge is 2.20. The molecule has 3 N–H and O–H groups in total. The molecule has 1 aromatic carbocycles. The second kappa shape index (κ2) is 9.36. The number of hydrogen-bond donors (Lipinski definition) is 3. The fourth-order valence-electron chi connectivity index (χ4n) is 3.25. The van der Waals surface area contributed by atoms with Gasteiger partial charge in [-0.1, -0.05) is 0 Å². The third-order valence-corrected chi connectivity index (χ3v) is 5.62. The highest BCUT2D eigenvalue weighted by molar-refractivity contribution is 7.99. The van der Waals surface area contributed by atoms with Crippen LogP contribution in [0.3, 0.4) is 0 Å². The number of rotatable bonds is 6. The van der Waals surface area contributed by atoms with E-state index in [1.165, 1.54) is 18.7 Å². The van der Waals surface area contributed by atoms with Gasteiger partial charge in [0, 0.05) is 47.9 Å². The smallest absolute Gasteiger partial charge is 0.221 e. The van der Waals surface area contributed by atoms with Crippen LogP contribution in [0, 0.1) is 13.8 Å². The van der Waals surface area contributed by atoms with Gasteiger partial charge in [0.15, 0.2) is 11.0 Å². The Bertz CT molecular complexity index is 1060. The second-order valence-corrected chi connectivity index (χ2v) is 8.31. The zero-order valence-corrected chi connectivity index (χ0v) is 18.5. The molecule has 3 aromatic rings. The molecule has 1 amide bonds. The SMILES string of the molecule is CC(=O)Nc1ccc(Sc2nc(Nc3cc(C)[nH]n3)c(C)c(N3CCOCC3)n2)cc1. The van der Waals surface area contributed by atoms with E-state index >= 15 is 0 Å². The number of anilines is 4. The molecular formula is C21H25N7O2S. The van der Waals surface area contributed by atoms with E-state index < -0.39 is 0 Å². The van der Waals surface area contributed by atoms with E-state index in [-0.39, 0.29) is 5.91 Å². The number of morpholine rings is 1. The average molecular weight is 440 g/mol. The predicted octanol–water partition coefficient (Wildman–Crippen LogP) is 3.51. The Kier molecular flexibility index (Phi) is 6.38. The molecule has 10 heteroatoms. The van der Waals surface area contributed by atoms with Crippen LogP contribution in [0.4, 0.5) is 23.1 Å². The van der Waals surface area contributed by atoms with Gasteiger partial charge in [-0.3, -0.25) is 9.89 Å². The molecule has 1 aliphatic heterocycles. The van der Waals surface area contributed by atoms with Gasteiger partial charge in [-0.25, -0.2) is 9.97 Å². The van der Waals surface area contributed by atoms with Crippen molar-refractivity contribution in [2.75, 3.05) is 41.8 Å². The fourth-order valence-corrected chi connectivity index (χ4v) is 4.01. The highest BCUT2D eigenvalue weighted by Crippen LogP contribution is 2.33. The van der Waals surface area contributed by atoms with Crippen LogP contribution >= 0.6 is 11.8 Å². The van der Waals surface area contributed by atoms with Gasteiger partial charge in [0.25, 0.3) is 0 Å². The summed E-state index contributed by atoms with van der Waals surface area (Å²) in [7, 11) is 0. The van der Waals surface area contributed by atoms with E-state index in [0.717, 1.165) is 46.6 Å². The molecule has 0 atom stereocenters. The van der Waals surface area contributed by atoms with Crippen molar-refractivity contribution in [1.82, 2.24) is 20.2 Å². The van der Waals surface area contributed by atoms with Crippen LogP contribution in [0.1, 0.15) is 18.2 Å². The van der Waals surface area contributed by atoms with Gasteiger partial charge in [-0.2, -0.15) is 5.10 Å². The van der Waals surface area contributed by atoms with Crippen molar-refractivity contribution in [1.29, 1.82) is 0 Å². The third kappa shape index (κ3) is 5.33. The summed E-state index contributed by atoms with van der Waals surface area (Å²) in [5.74, 6) is 2.23. The van der Waals surface area contributed by atoms with Crippen LogP contribution < -0.4 is 15.5 Å². The molecule has 0 spiro atoms. The topological polar surface area (TPSA) is 108 Å². The number of amides is 1. The summed E-state index contributed by atoms with van der Waals surface area (Å²) in [6.45, 7) is 8.39. The first-order chi connectivity index (χ1) is 15.0. The number of nitrogens with one attached hydrogen (secondary N) is 3. The van der Waals surface area contributed by atoms with Crippen molar-refractivity contribution in [3.05, 3.63) is 41.6 Å². The van der Waals surface area contributed by atoms with Crippen molar-refractivity contribution in [3.63, 3.8) is 0 Å². The van der Waals surface area contributed by atoms with Crippen molar-refractivity contribution in [3.8, 4) is 0 Å². The van der Waals surface area contributed by atoms with Gasteiger partial charge >= 0.3 is 0 Å². The van der Waals surface area contributed by atoms with E-state index in [9.17, 15) is 4.79 Å². The summed E-state index contributed by atoms with van der Waals surface area (Å²) in [5.41, 5.74) is 2.69. The monoisotopic (exact) mass is 439 g/mol. The van der Waals surface area contributed by atoms with Gasteiger partial charge in [0.2, 0.25) is 5.91 Å². The predicted molar refractivity (Wildman–Crippen MR) is 121 cm³/mol. The lowest BCUT2D eigenvalue weighted by Gasteiger charge is -2.29. The lowest BCUT2D eigenvalue weighted by molar-refractivity contribution is -0.114. The van der Waals surface area contributed by atoms with Crippen molar-refractivity contribution in [2.24, 2.45) is 0 Å². The van der Waals surface area contributed by atoms with Gasteiger partial charge in [0.1, 0.15) is 11.6 Å². The van der Waals surface area contributed by atoms with Gasteiger partial charge in [-0.15, -0.1) is 0 Å². The lowest BCUT2D eigenvalue weighted by Crippen LogP contribution is -2.37. The number of H-pyrrole nitrogens is 1. The van der Waals surface area contributed by atoms with Crippen molar-refractivity contribution >= 4 is 40.8 Å².